The van der Waals surface area contributed by atoms with Gasteiger partial charge in [-0.15, -0.1) is 0 Å². The third-order valence-corrected chi connectivity index (χ3v) is 1.58. The molecule has 2 nitrogen and oxygen atoms in total. The Balaban J connectivity index is 3.27. The molecule has 0 bridgehead atoms. The number of aldehydes is 1. The van der Waals surface area contributed by atoms with E-state index >= 15 is 0 Å². The number of benzene rings is 1. The minimum atomic E-state index is 0.623. The van der Waals surface area contributed by atoms with Crippen molar-refractivity contribution in [2.75, 3.05) is 0 Å². The summed E-state index contributed by atoms with van der Waals surface area (Å²) in [5, 5.41) is 0. The van der Waals surface area contributed by atoms with Gasteiger partial charge in [-0.1, -0.05) is 12.7 Å². The number of carbonyl (C=O) groups excluding carboxylic acids is 1. The predicted molar refractivity (Wildman–Crippen MR) is 51.1 cm³/mol. The lowest BCUT2D eigenvalue weighted by atomic mass is 10.1. The molecule has 1 rings (SSSR count). The molecule has 1 aromatic rings. The molecule has 0 saturated carbocycles. The van der Waals surface area contributed by atoms with Crippen LogP contribution in [0.1, 0.15) is 15.9 Å². The first kappa shape index (κ1) is 8.40. The SMILES string of the molecule is C=Cc1cc(C=O)ccc1N=C. The summed E-state index contributed by atoms with van der Waals surface area (Å²) in [6, 6.07) is 5.17. The smallest absolute Gasteiger partial charge is 0.150 e. The molecular formula is C10H9NO. The fraction of sp³-hybridized carbons (Fsp3) is 0. The van der Waals surface area contributed by atoms with Gasteiger partial charge in [0.1, 0.15) is 6.29 Å². The predicted octanol–water partition coefficient (Wildman–Crippen LogP) is 2.47. The van der Waals surface area contributed by atoms with E-state index in [9.17, 15) is 4.79 Å². The molecule has 1 aromatic carbocycles. The minimum absolute atomic E-state index is 0.623. The lowest BCUT2D eigenvalue weighted by Gasteiger charge is -1.99. The molecule has 12 heavy (non-hydrogen) atoms. The van der Waals surface area contributed by atoms with Crippen molar-refractivity contribution in [3.63, 3.8) is 0 Å². The van der Waals surface area contributed by atoms with Crippen LogP contribution in [0.3, 0.4) is 0 Å². The van der Waals surface area contributed by atoms with E-state index in [-0.39, 0.29) is 0 Å². The van der Waals surface area contributed by atoms with Gasteiger partial charge in [-0.05, 0) is 24.9 Å². The Labute approximate surface area is 71.3 Å². The van der Waals surface area contributed by atoms with E-state index in [1.54, 1.807) is 24.3 Å². The number of carbonyl (C=O) groups is 1. The summed E-state index contributed by atoms with van der Waals surface area (Å²) in [7, 11) is 0. The Bertz CT molecular complexity index is 329. The van der Waals surface area contributed by atoms with Gasteiger partial charge in [-0.2, -0.15) is 0 Å². The summed E-state index contributed by atoms with van der Waals surface area (Å²) in [6.45, 7) is 7.02. The van der Waals surface area contributed by atoms with Gasteiger partial charge < -0.3 is 0 Å². The molecular weight excluding hydrogens is 150 g/mol. The normalized spacial score (nSPS) is 9.00. The van der Waals surface area contributed by atoms with E-state index in [0.717, 1.165) is 17.5 Å². The molecule has 0 aromatic heterocycles. The molecule has 0 fully saturated rings. The molecule has 0 saturated heterocycles. The molecule has 0 spiro atoms. The Morgan fingerprint density at radius 2 is 2.17 bits per heavy atom. The van der Waals surface area contributed by atoms with Crippen LogP contribution in [0.2, 0.25) is 0 Å². The molecule has 0 N–H and O–H groups in total. The van der Waals surface area contributed by atoms with Crippen LogP contribution in [-0.2, 0) is 0 Å². The van der Waals surface area contributed by atoms with Gasteiger partial charge in [0.2, 0.25) is 0 Å². The highest BCUT2D eigenvalue weighted by molar-refractivity contribution is 5.79. The fourth-order valence-electron chi connectivity index (χ4n) is 0.954. The summed E-state index contributed by atoms with van der Waals surface area (Å²) in [6.07, 6.45) is 2.44. The monoisotopic (exact) mass is 159 g/mol. The highest BCUT2D eigenvalue weighted by atomic mass is 16.1. The van der Waals surface area contributed by atoms with Crippen LogP contribution in [0.25, 0.3) is 6.08 Å². The molecule has 2 heteroatoms. The molecule has 60 valence electrons. The summed E-state index contributed by atoms with van der Waals surface area (Å²) in [4.78, 5) is 14.2. The zero-order valence-electron chi connectivity index (χ0n) is 6.66. The van der Waals surface area contributed by atoms with Gasteiger partial charge in [-0.25, -0.2) is 0 Å². The third kappa shape index (κ3) is 1.48. The second-order valence-corrected chi connectivity index (χ2v) is 2.30. The van der Waals surface area contributed by atoms with Crippen molar-refractivity contribution in [3.05, 3.63) is 35.9 Å². The van der Waals surface area contributed by atoms with Crippen LogP contribution in [-0.4, -0.2) is 13.0 Å². The maximum atomic E-state index is 10.4. The standard InChI is InChI=1S/C10H9NO/c1-3-9-6-8(7-12)4-5-10(9)11-2/h3-7H,1-2H2. The highest BCUT2D eigenvalue weighted by Gasteiger charge is 1.97. The van der Waals surface area contributed by atoms with E-state index in [1.807, 2.05) is 0 Å². The number of aliphatic imine (C=N–C) groups is 1. The van der Waals surface area contributed by atoms with Crippen molar-refractivity contribution in [1.82, 2.24) is 0 Å². The average molecular weight is 159 g/mol. The Kier molecular flexibility index (Phi) is 2.53. The fourth-order valence-corrected chi connectivity index (χ4v) is 0.954. The number of hydrogen-bond acceptors (Lipinski definition) is 2. The van der Waals surface area contributed by atoms with Crippen molar-refractivity contribution in [2.24, 2.45) is 4.99 Å². The summed E-state index contributed by atoms with van der Waals surface area (Å²) < 4.78 is 0. The van der Waals surface area contributed by atoms with Crippen molar-refractivity contribution >= 4 is 24.8 Å². The van der Waals surface area contributed by atoms with Crippen LogP contribution in [0, 0.1) is 0 Å². The van der Waals surface area contributed by atoms with Gasteiger partial charge in [0, 0.05) is 11.1 Å². The summed E-state index contributed by atoms with van der Waals surface area (Å²) >= 11 is 0. The van der Waals surface area contributed by atoms with E-state index in [0.29, 0.717) is 5.56 Å². The lowest BCUT2D eigenvalue weighted by Crippen LogP contribution is -1.81. The first-order valence-corrected chi connectivity index (χ1v) is 3.50. The average Bonchev–Trinajstić information content (AvgIpc) is 2.16. The van der Waals surface area contributed by atoms with Gasteiger partial charge in [0.15, 0.2) is 0 Å². The zero-order valence-corrected chi connectivity index (χ0v) is 6.66. The topological polar surface area (TPSA) is 29.4 Å². The van der Waals surface area contributed by atoms with Gasteiger partial charge in [0.25, 0.3) is 0 Å². The lowest BCUT2D eigenvalue weighted by molar-refractivity contribution is 0.112. The third-order valence-electron chi connectivity index (χ3n) is 1.58. The largest absolute Gasteiger partial charge is 0.298 e. The van der Waals surface area contributed by atoms with Crippen LogP contribution in [0.4, 0.5) is 5.69 Å². The number of rotatable bonds is 3. The van der Waals surface area contributed by atoms with E-state index in [1.165, 1.54) is 0 Å². The van der Waals surface area contributed by atoms with Crippen LogP contribution >= 0.6 is 0 Å². The van der Waals surface area contributed by atoms with Gasteiger partial charge in [0.05, 0.1) is 5.69 Å². The maximum absolute atomic E-state index is 10.4. The van der Waals surface area contributed by atoms with Gasteiger partial charge >= 0.3 is 0 Å². The Morgan fingerprint density at radius 1 is 1.42 bits per heavy atom. The second-order valence-electron chi connectivity index (χ2n) is 2.30. The molecule has 0 aliphatic carbocycles. The number of hydrogen-bond donors (Lipinski definition) is 0. The molecule has 0 aliphatic rings. The van der Waals surface area contributed by atoms with Crippen molar-refractivity contribution < 1.29 is 4.79 Å². The van der Waals surface area contributed by atoms with E-state index < -0.39 is 0 Å². The summed E-state index contributed by atoms with van der Waals surface area (Å²) in [5.41, 5.74) is 2.20. The van der Waals surface area contributed by atoms with Gasteiger partial charge in [-0.3, -0.25) is 9.79 Å². The van der Waals surface area contributed by atoms with Crippen molar-refractivity contribution in [1.29, 1.82) is 0 Å². The maximum Gasteiger partial charge on any atom is 0.150 e. The van der Waals surface area contributed by atoms with Crippen LogP contribution in [0.5, 0.6) is 0 Å². The quantitative estimate of drug-likeness (QED) is 0.492. The first-order valence-electron chi connectivity index (χ1n) is 3.50. The molecule has 0 unspecified atom stereocenters. The molecule has 0 radical (unpaired) electrons. The molecule has 0 aliphatic heterocycles. The Hall–Kier alpha value is -1.70. The first-order chi connectivity index (χ1) is 5.81. The van der Waals surface area contributed by atoms with E-state index in [4.69, 9.17) is 0 Å². The van der Waals surface area contributed by atoms with E-state index in [2.05, 4.69) is 18.3 Å². The van der Waals surface area contributed by atoms with Crippen LogP contribution < -0.4 is 0 Å². The molecule has 0 heterocycles. The molecule has 0 atom stereocenters. The molecule has 0 amide bonds. The Morgan fingerprint density at radius 3 is 2.67 bits per heavy atom. The zero-order chi connectivity index (χ0) is 8.97. The van der Waals surface area contributed by atoms with Crippen LogP contribution in [0.15, 0.2) is 29.8 Å². The highest BCUT2D eigenvalue weighted by Crippen LogP contribution is 2.20. The van der Waals surface area contributed by atoms with Crippen molar-refractivity contribution in [3.8, 4) is 0 Å². The number of nitrogens with zero attached hydrogens (tertiary/aromatic N) is 1. The summed E-state index contributed by atoms with van der Waals surface area (Å²) in [5.74, 6) is 0. The minimum Gasteiger partial charge on any atom is -0.298 e. The second kappa shape index (κ2) is 3.62. The van der Waals surface area contributed by atoms with Crippen molar-refractivity contribution in [2.45, 2.75) is 0 Å².